The highest BCUT2D eigenvalue weighted by Crippen LogP contribution is 2.25. The Morgan fingerprint density at radius 2 is 1.77 bits per heavy atom. The van der Waals surface area contributed by atoms with E-state index in [2.05, 4.69) is 0 Å². The molecule has 1 saturated heterocycles. The summed E-state index contributed by atoms with van der Waals surface area (Å²) >= 11 is 0. The van der Waals surface area contributed by atoms with E-state index in [4.69, 9.17) is 4.74 Å². The van der Waals surface area contributed by atoms with Gasteiger partial charge >= 0.3 is 5.97 Å². The Morgan fingerprint density at radius 3 is 2.27 bits per heavy atom. The molecular formula is C14H17F2NO4S. The van der Waals surface area contributed by atoms with Crippen LogP contribution in [0.2, 0.25) is 0 Å². The van der Waals surface area contributed by atoms with E-state index < -0.39 is 26.6 Å². The predicted molar refractivity (Wildman–Crippen MR) is 74.5 cm³/mol. The van der Waals surface area contributed by atoms with Crippen molar-refractivity contribution in [2.75, 3.05) is 19.7 Å². The summed E-state index contributed by atoms with van der Waals surface area (Å²) in [6.07, 6.45) is 0.658. The monoisotopic (exact) mass is 333 g/mol. The van der Waals surface area contributed by atoms with Crippen molar-refractivity contribution in [2.24, 2.45) is 5.92 Å². The average Bonchev–Trinajstić information content (AvgIpc) is 2.46. The minimum absolute atomic E-state index is 0.115. The second kappa shape index (κ2) is 6.70. The van der Waals surface area contributed by atoms with Crippen LogP contribution in [-0.2, 0) is 19.6 Å². The predicted octanol–water partition coefficient (Wildman–Crippen LogP) is 1.93. The number of esters is 1. The Kier molecular flexibility index (Phi) is 5.12. The zero-order chi connectivity index (χ0) is 16.3. The molecule has 0 bridgehead atoms. The van der Waals surface area contributed by atoms with Crippen LogP contribution in [0.3, 0.4) is 0 Å². The summed E-state index contributed by atoms with van der Waals surface area (Å²) in [6.45, 7) is 2.21. The standard InChI is InChI=1S/C14H17F2NO4S/c1-2-21-14(18)10-3-5-17(6-4-10)22(19,20)13-8-11(15)7-12(16)9-13/h7-10H,2-6H2,1H3. The van der Waals surface area contributed by atoms with Crippen molar-refractivity contribution in [1.82, 2.24) is 4.31 Å². The average molecular weight is 333 g/mol. The molecule has 0 radical (unpaired) electrons. The number of ether oxygens (including phenoxy) is 1. The molecule has 2 rings (SSSR count). The molecule has 1 aliphatic rings. The van der Waals surface area contributed by atoms with E-state index in [1.807, 2.05) is 0 Å². The van der Waals surface area contributed by atoms with Gasteiger partial charge in [0.1, 0.15) is 11.6 Å². The summed E-state index contributed by atoms with van der Waals surface area (Å²) in [5.74, 6) is -2.56. The first-order valence-corrected chi connectivity index (χ1v) is 8.41. The molecule has 0 saturated carbocycles. The van der Waals surface area contributed by atoms with Crippen LogP contribution in [0, 0.1) is 17.6 Å². The van der Waals surface area contributed by atoms with E-state index in [1.165, 1.54) is 0 Å². The van der Waals surface area contributed by atoms with Crippen LogP contribution in [0.1, 0.15) is 19.8 Å². The summed E-state index contributed by atoms with van der Waals surface area (Å²) in [5.41, 5.74) is 0. The number of rotatable bonds is 4. The molecule has 0 unspecified atom stereocenters. The molecule has 0 aliphatic carbocycles. The summed E-state index contributed by atoms with van der Waals surface area (Å²) in [5, 5.41) is 0. The van der Waals surface area contributed by atoms with Gasteiger partial charge in [0.05, 0.1) is 17.4 Å². The number of carbonyl (C=O) groups excluding carboxylic acids is 1. The normalized spacial score (nSPS) is 17.4. The van der Waals surface area contributed by atoms with E-state index >= 15 is 0 Å². The quantitative estimate of drug-likeness (QED) is 0.790. The van der Waals surface area contributed by atoms with Crippen LogP contribution < -0.4 is 0 Å². The lowest BCUT2D eigenvalue weighted by molar-refractivity contribution is -0.149. The van der Waals surface area contributed by atoms with Gasteiger partial charge < -0.3 is 4.74 Å². The van der Waals surface area contributed by atoms with Crippen molar-refractivity contribution in [3.05, 3.63) is 29.8 Å². The highest BCUT2D eigenvalue weighted by atomic mass is 32.2. The van der Waals surface area contributed by atoms with E-state index in [0.29, 0.717) is 18.9 Å². The Hall–Kier alpha value is -1.54. The third-order valence-electron chi connectivity index (χ3n) is 3.55. The molecule has 1 aromatic rings. The van der Waals surface area contributed by atoms with Crippen molar-refractivity contribution in [2.45, 2.75) is 24.7 Å². The highest BCUT2D eigenvalue weighted by Gasteiger charge is 2.33. The lowest BCUT2D eigenvalue weighted by Gasteiger charge is -2.30. The highest BCUT2D eigenvalue weighted by molar-refractivity contribution is 7.89. The first-order chi connectivity index (χ1) is 10.3. The van der Waals surface area contributed by atoms with Gasteiger partial charge in [0.25, 0.3) is 0 Å². The molecule has 0 aromatic heterocycles. The number of hydrogen-bond donors (Lipinski definition) is 0. The first kappa shape index (κ1) is 16.8. The van der Waals surface area contributed by atoms with Gasteiger partial charge in [-0.2, -0.15) is 4.31 Å². The fraction of sp³-hybridized carbons (Fsp3) is 0.500. The van der Waals surface area contributed by atoms with E-state index in [0.717, 1.165) is 16.4 Å². The van der Waals surface area contributed by atoms with Gasteiger partial charge in [-0.3, -0.25) is 4.79 Å². The molecular weight excluding hydrogens is 316 g/mol. The molecule has 22 heavy (non-hydrogen) atoms. The molecule has 0 spiro atoms. The maximum Gasteiger partial charge on any atom is 0.309 e. The lowest BCUT2D eigenvalue weighted by Crippen LogP contribution is -2.40. The second-order valence-corrected chi connectivity index (χ2v) is 6.97. The van der Waals surface area contributed by atoms with Crippen molar-refractivity contribution < 1.29 is 26.7 Å². The van der Waals surface area contributed by atoms with Crippen LogP contribution >= 0.6 is 0 Å². The SMILES string of the molecule is CCOC(=O)C1CCN(S(=O)(=O)c2cc(F)cc(F)c2)CC1. The summed E-state index contributed by atoms with van der Waals surface area (Å²) in [4.78, 5) is 11.2. The van der Waals surface area contributed by atoms with Gasteiger partial charge in [0.2, 0.25) is 10.0 Å². The van der Waals surface area contributed by atoms with Gasteiger partial charge in [-0.25, -0.2) is 17.2 Å². The Morgan fingerprint density at radius 1 is 1.23 bits per heavy atom. The smallest absolute Gasteiger partial charge is 0.309 e. The van der Waals surface area contributed by atoms with Gasteiger partial charge in [-0.15, -0.1) is 0 Å². The maximum atomic E-state index is 13.2. The van der Waals surface area contributed by atoms with Crippen molar-refractivity contribution >= 4 is 16.0 Å². The van der Waals surface area contributed by atoms with Gasteiger partial charge in [-0.05, 0) is 31.9 Å². The molecule has 0 atom stereocenters. The second-order valence-electron chi connectivity index (χ2n) is 5.04. The molecule has 1 aromatic carbocycles. The molecule has 122 valence electrons. The molecule has 1 fully saturated rings. The van der Waals surface area contributed by atoms with Gasteiger partial charge in [0, 0.05) is 19.2 Å². The number of carbonyl (C=O) groups is 1. The number of halogens is 2. The van der Waals surface area contributed by atoms with Crippen LogP contribution in [-0.4, -0.2) is 38.4 Å². The minimum Gasteiger partial charge on any atom is -0.466 e. The van der Waals surface area contributed by atoms with Crippen molar-refractivity contribution in [3.63, 3.8) is 0 Å². The summed E-state index contributed by atoms with van der Waals surface area (Å²) < 4.78 is 57.2. The number of benzene rings is 1. The number of sulfonamides is 1. The molecule has 8 heteroatoms. The minimum atomic E-state index is -3.97. The van der Waals surface area contributed by atoms with E-state index in [1.54, 1.807) is 6.92 Å². The lowest BCUT2D eigenvalue weighted by atomic mass is 9.98. The van der Waals surface area contributed by atoms with Crippen LogP contribution in [0.25, 0.3) is 0 Å². The molecule has 0 N–H and O–H groups in total. The first-order valence-electron chi connectivity index (χ1n) is 6.97. The van der Waals surface area contributed by atoms with Crippen LogP contribution in [0.4, 0.5) is 8.78 Å². The largest absolute Gasteiger partial charge is 0.466 e. The van der Waals surface area contributed by atoms with Crippen molar-refractivity contribution in [3.8, 4) is 0 Å². The molecule has 1 aliphatic heterocycles. The summed E-state index contributed by atoms with van der Waals surface area (Å²) in [6, 6.07) is 2.19. The number of hydrogen-bond acceptors (Lipinski definition) is 4. The summed E-state index contributed by atoms with van der Waals surface area (Å²) in [7, 11) is -3.97. The number of nitrogens with zero attached hydrogens (tertiary/aromatic N) is 1. The maximum absolute atomic E-state index is 13.2. The molecule has 5 nitrogen and oxygen atoms in total. The fourth-order valence-corrected chi connectivity index (χ4v) is 3.93. The molecule has 1 heterocycles. The van der Waals surface area contributed by atoms with Crippen LogP contribution in [0.5, 0.6) is 0 Å². The molecule has 0 amide bonds. The Labute approximate surface area is 127 Å². The topological polar surface area (TPSA) is 63.7 Å². The van der Waals surface area contributed by atoms with Crippen LogP contribution in [0.15, 0.2) is 23.1 Å². The Bertz CT molecular complexity index is 635. The van der Waals surface area contributed by atoms with Gasteiger partial charge in [-0.1, -0.05) is 0 Å². The van der Waals surface area contributed by atoms with Crippen molar-refractivity contribution in [1.29, 1.82) is 0 Å². The van der Waals surface area contributed by atoms with E-state index in [-0.39, 0.29) is 31.6 Å². The third kappa shape index (κ3) is 3.61. The Balaban J connectivity index is 2.11. The van der Waals surface area contributed by atoms with Gasteiger partial charge in [0.15, 0.2) is 0 Å². The number of piperidine rings is 1. The fourth-order valence-electron chi connectivity index (χ4n) is 2.42. The third-order valence-corrected chi connectivity index (χ3v) is 5.42. The zero-order valence-corrected chi connectivity index (χ0v) is 12.9. The zero-order valence-electron chi connectivity index (χ0n) is 12.1. The van der Waals surface area contributed by atoms with E-state index in [9.17, 15) is 22.0 Å².